The van der Waals surface area contributed by atoms with Crippen molar-refractivity contribution in [1.29, 1.82) is 5.26 Å². The Hall–Kier alpha value is -3.11. The summed E-state index contributed by atoms with van der Waals surface area (Å²) in [7, 11) is 0. The minimum absolute atomic E-state index is 0.699. The van der Waals surface area contributed by atoms with Gasteiger partial charge in [-0.1, -0.05) is 78.9 Å². The van der Waals surface area contributed by atoms with E-state index < -0.39 is 0 Å². The molecule has 0 N–H and O–H groups in total. The van der Waals surface area contributed by atoms with E-state index in [9.17, 15) is 5.26 Å². The third kappa shape index (κ3) is 4.46. The molecule has 0 atom stereocenters. The van der Waals surface area contributed by atoms with Crippen molar-refractivity contribution in [2.45, 2.75) is 20.8 Å². The van der Waals surface area contributed by atoms with Gasteiger partial charge in [0, 0.05) is 5.39 Å². The van der Waals surface area contributed by atoms with Gasteiger partial charge < -0.3 is 0 Å². The first-order valence-electron chi connectivity index (χ1n) is 8.37. The lowest BCUT2D eigenvalue weighted by molar-refractivity contribution is 1.48. The Bertz CT molecular complexity index is 944. The lowest BCUT2D eigenvalue weighted by Crippen LogP contribution is -1.90. The first kappa shape index (κ1) is 18.2. The highest BCUT2D eigenvalue weighted by Gasteiger charge is 2.08. The zero-order valence-electron chi connectivity index (χ0n) is 15.1. The summed E-state index contributed by atoms with van der Waals surface area (Å²) in [6, 6.07) is 12.3. The quantitative estimate of drug-likeness (QED) is 0.552. The van der Waals surface area contributed by atoms with E-state index in [2.05, 4.69) is 37.8 Å². The zero-order chi connectivity index (χ0) is 18.2. The summed E-state index contributed by atoms with van der Waals surface area (Å²) in [6.45, 7) is 10.0. The van der Waals surface area contributed by atoms with E-state index in [1.165, 1.54) is 0 Å². The second kappa shape index (κ2) is 8.66. The van der Waals surface area contributed by atoms with E-state index in [4.69, 9.17) is 0 Å². The van der Waals surface area contributed by atoms with Crippen LogP contribution in [-0.4, -0.2) is 0 Å². The van der Waals surface area contributed by atoms with Crippen LogP contribution in [0.2, 0.25) is 0 Å². The molecule has 0 saturated carbocycles. The number of nitrogens with zero attached hydrogens (tertiary/aromatic N) is 1. The van der Waals surface area contributed by atoms with Crippen molar-refractivity contribution in [3.05, 3.63) is 95.1 Å². The number of rotatable bonds is 5. The maximum Gasteiger partial charge on any atom is 0.0998 e. The Morgan fingerprint density at radius 1 is 1.04 bits per heavy atom. The zero-order valence-corrected chi connectivity index (χ0v) is 15.1. The molecule has 0 aliphatic heterocycles. The van der Waals surface area contributed by atoms with Crippen molar-refractivity contribution in [1.82, 2.24) is 0 Å². The molecule has 0 amide bonds. The van der Waals surface area contributed by atoms with Gasteiger partial charge in [0.25, 0.3) is 0 Å². The Balaban J connectivity index is 2.60. The molecule has 2 rings (SSSR count). The van der Waals surface area contributed by atoms with Crippen LogP contribution >= 0.6 is 0 Å². The highest BCUT2D eigenvalue weighted by Crippen LogP contribution is 2.29. The normalized spacial score (nSPS) is 12.5. The van der Waals surface area contributed by atoms with E-state index in [0.29, 0.717) is 5.56 Å². The van der Waals surface area contributed by atoms with Crippen LogP contribution in [-0.2, 0) is 0 Å². The molecule has 0 spiro atoms. The molecule has 25 heavy (non-hydrogen) atoms. The summed E-state index contributed by atoms with van der Waals surface area (Å²) in [6.07, 6.45) is 14.2. The van der Waals surface area contributed by atoms with Gasteiger partial charge in [0.2, 0.25) is 0 Å². The van der Waals surface area contributed by atoms with E-state index >= 15 is 0 Å². The highest BCUT2D eigenvalue weighted by molar-refractivity contribution is 5.97. The summed E-state index contributed by atoms with van der Waals surface area (Å²) in [5.41, 5.74) is 4.95. The Morgan fingerprint density at radius 3 is 2.40 bits per heavy atom. The van der Waals surface area contributed by atoms with Crippen molar-refractivity contribution in [2.24, 2.45) is 0 Å². The van der Waals surface area contributed by atoms with Crippen LogP contribution < -0.4 is 0 Å². The van der Waals surface area contributed by atoms with Crippen LogP contribution in [0.3, 0.4) is 0 Å². The molecular weight excluding hydrogens is 302 g/mol. The average molecular weight is 325 g/mol. The summed E-state index contributed by atoms with van der Waals surface area (Å²) in [5.74, 6) is 0. The van der Waals surface area contributed by atoms with Gasteiger partial charge in [-0.05, 0) is 48.9 Å². The number of fused-ring (bicyclic) bond motifs is 1. The van der Waals surface area contributed by atoms with E-state index in [1.807, 2.05) is 68.5 Å². The molecule has 0 unspecified atom stereocenters. The first-order valence-corrected chi connectivity index (χ1v) is 8.37. The van der Waals surface area contributed by atoms with Crippen LogP contribution in [0.1, 0.15) is 37.5 Å². The van der Waals surface area contributed by atoms with Gasteiger partial charge in [-0.3, -0.25) is 0 Å². The largest absolute Gasteiger partial charge is 0.192 e. The monoisotopic (exact) mass is 325 g/mol. The standard InChI is InChI=1S/C24H23N/c1-5-9-18(3)13-14-19(4)15-20-16-21(17-25)23-11-7-8-12-24(23)22(20)10-6-2/h5-16H,3H2,1-2,4H3/b9-5-,10-6-,14-13?,19-15+. The molecule has 0 heterocycles. The average Bonchev–Trinajstić information content (AvgIpc) is 2.62. The number of allylic oxidation sites excluding steroid dienone is 7. The van der Waals surface area contributed by atoms with Gasteiger partial charge in [-0.25, -0.2) is 0 Å². The van der Waals surface area contributed by atoms with Gasteiger partial charge >= 0.3 is 0 Å². The molecule has 2 aromatic carbocycles. The van der Waals surface area contributed by atoms with Crippen molar-refractivity contribution >= 4 is 22.9 Å². The van der Waals surface area contributed by atoms with Gasteiger partial charge in [-0.15, -0.1) is 0 Å². The Labute approximate surface area is 150 Å². The molecule has 1 nitrogen and oxygen atoms in total. The number of hydrogen-bond donors (Lipinski definition) is 0. The lowest BCUT2D eigenvalue weighted by Gasteiger charge is -2.10. The molecule has 0 aliphatic rings. The van der Waals surface area contributed by atoms with Crippen LogP contribution in [0.25, 0.3) is 22.9 Å². The molecule has 124 valence electrons. The minimum atomic E-state index is 0.699. The molecule has 0 radical (unpaired) electrons. The third-order valence-corrected chi connectivity index (χ3v) is 3.90. The van der Waals surface area contributed by atoms with Crippen molar-refractivity contribution in [2.75, 3.05) is 0 Å². The fraction of sp³-hybridized carbons (Fsp3) is 0.125. The summed E-state index contributed by atoms with van der Waals surface area (Å²) in [5, 5.41) is 11.6. The number of hydrogen-bond acceptors (Lipinski definition) is 1. The second-order valence-corrected chi connectivity index (χ2v) is 5.88. The Kier molecular flexibility index (Phi) is 6.32. The summed E-state index contributed by atoms with van der Waals surface area (Å²) in [4.78, 5) is 0. The lowest BCUT2D eigenvalue weighted by atomic mass is 9.93. The summed E-state index contributed by atoms with van der Waals surface area (Å²) < 4.78 is 0. The van der Waals surface area contributed by atoms with Gasteiger partial charge in [0.05, 0.1) is 11.6 Å². The number of nitriles is 1. The van der Waals surface area contributed by atoms with E-state index in [0.717, 1.165) is 33.0 Å². The molecule has 0 saturated heterocycles. The molecule has 0 bridgehead atoms. The Morgan fingerprint density at radius 2 is 1.76 bits per heavy atom. The molecular formula is C24H23N. The van der Waals surface area contributed by atoms with Crippen LogP contribution in [0.15, 0.2) is 78.4 Å². The predicted octanol–water partition coefficient (Wildman–Crippen LogP) is 6.84. The summed E-state index contributed by atoms with van der Waals surface area (Å²) >= 11 is 0. The number of benzene rings is 2. The molecule has 0 fully saturated rings. The maximum atomic E-state index is 9.53. The smallest absolute Gasteiger partial charge is 0.0998 e. The second-order valence-electron chi connectivity index (χ2n) is 5.88. The molecule has 2 aromatic rings. The predicted molar refractivity (Wildman–Crippen MR) is 110 cm³/mol. The van der Waals surface area contributed by atoms with Gasteiger partial charge in [-0.2, -0.15) is 5.26 Å². The van der Waals surface area contributed by atoms with Crippen LogP contribution in [0.4, 0.5) is 0 Å². The maximum absolute atomic E-state index is 9.53. The van der Waals surface area contributed by atoms with Crippen molar-refractivity contribution in [3.63, 3.8) is 0 Å². The van der Waals surface area contributed by atoms with Crippen molar-refractivity contribution in [3.8, 4) is 6.07 Å². The third-order valence-electron chi connectivity index (χ3n) is 3.90. The van der Waals surface area contributed by atoms with E-state index in [1.54, 1.807) is 0 Å². The van der Waals surface area contributed by atoms with Gasteiger partial charge in [0.15, 0.2) is 0 Å². The van der Waals surface area contributed by atoms with Crippen LogP contribution in [0, 0.1) is 11.3 Å². The van der Waals surface area contributed by atoms with E-state index in [-0.39, 0.29) is 0 Å². The fourth-order valence-corrected chi connectivity index (χ4v) is 2.79. The first-order chi connectivity index (χ1) is 12.1. The fourth-order valence-electron chi connectivity index (χ4n) is 2.79. The molecule has 0 aromatic heterocycles. The molecule has 1 heteroatoms. The van der Waals surface area contributed by atoms with Crippen LogP contribution in [0.5, 0.6) is 0 Å². The topological polar surface area (TPSA) is 23.8 Å². The minimum Gasteiger partial charge on any atom is -0.192 e. The highest BCUT2D eigenvalue weighted by atomic mass is 14.2. The molecule has 0 aliphatic carbocycles. The SMILES string of the molecule is C=C(C=C/C(C)=C/c1cc(C#N)c2ccccc2c1/C=C\C)/C=C\C. The van der Waals surface area contributed by atoms with Gasteiger partial charge in [0.1, 0.15) is 0 Å². The van der Waals surface area contributed by atoms with Crippen molar-refractivity contribution < 1.29 is 0 Å².